The highest BCUT2D eigenvalue weighted by Gasteiger charge is 2.03. The Labute approximate surface area is 174 Å². The zero-order valence-corrected chi connectivity index (χ0v) is 20.0. The second kappa shape index (κ2) is 22.3. The molecule has 0 aliphatic rings. The van der Waals surface area contributed by atoms with Crippen molar-refractivity contribution in [2.75, 3.05) is 0 Å². The van der Waals surface area contributed by atoms with E-state index in [1.165, 1.54) is 135 Å². The Balaban J connectivity index is 3.21. The van der Waals surface area contributed by atoms with Gasteiger partial charge < -0.3 is 0 Å². The minimum Gasteiger partial charge on any atom is -0.0654 e. The van der Waals surface area contributed by atoms with E-state index >= 15 is 0 Å². The molecule has 0 saturated carbocycles. The van der Waals surface area contributed by atoms with Crippen LogP contribution in [0, 0.1) is 11.8 Å². The first-order valence-corrected chi connectivity index (χ1v) is 13.2. The summed E-state index contributed by atoms with van der Waals surface area (Å²) in [4.78, 5) is 0. The Hall–Kier alpha value is 0. The maximum absolute atomic E-state index is 2.48. The average Bonchev–Trinajstić information content (AvgIpc) is 2.66. The van der Waals surface area contributed by atoms with Gasteiger partial charge in [0, 0.05) is 0 Å². The van der Waals surface area contributed by atoms with Crippen molar-refractivity contribution >= 4 is 0 Å². The number of unbranched alkanes of at least 4 members (excludes halogenated alkanes) is 14. The summed E-state index contributed by atoms with van der Waals surface area (Å²) in [6.07, 6.45) is 30.7. The van der Waals surface area contributed by atoms with Gasteiger partial charge in [0.1, 0.15) is 0 Å². The third kappa shape index (κ3) is 22.2. The third-order valence-electron chi connectivity index (χ3n) is 6.49. The van der Waals surface area contributed by atoms with E-state index in [0.29, 0.717) is 0 Å². The first-order valence-electron chi connectivity index (χ1n) is 13.2. The van der Waals surface area contributed by atoms with Crippen LogP contribution in [-0.2, 0) is 0 Å². The Kier molecular flexibility index (Phi) is 22.3. The lowest BCUT2D eigenvalue weighted by atomic mass is 9.95. The Bertz CT molecular complexity index is 257. The van der Waals surface area contributed by atoms with Crippen LogP contribution in [0.4, 0.5) is 0 Å². The van der Waals surface area contributed by atoms with Crippen LogP contribution in [0.3, 0.4) is 0 Å². The lowest BCUT2D eigenvalue weighted by molar-refractivity contribution is 0.423. The van der Waals surface area contributed by atoms with Gasteiger partial charge in [-0.25, -0.2) is 0 Å². The summed E-state index contributed by atoms with van der Waals surface area (Å²) in [5, 5.41) is 0. The van der Waals surface area contributed by atoms with Crippen LogP contribution in [0.2, 0.25) is 0 Å². The van der Waals surface area contributed by atoms with Crippen molar-refractivity contribution in [1.82, 2.24) is 0 Å². The molecule has 27 heavy (non-hydrogen) atoms. The average molecular weight is 381 g/mol. The zero-order chi connectivity index (χ0) is 20.0. The predicted octanol–water partition coefficient (Wildman–Crippen LogP) is 10.5. The molecular formula is C27H56. The highest BCUT2D eigenvalue weighted by Crippen LogP contribution is 2.20. The molecule has 0 heteroatoms. The molecule has 0 radical (unpaired) electrons. The summed E-state index contributed by atoms with van der Waals surface area (Å²) in [5.74, 6) is 1.94. The van der Waals surface area contributed by atoms with E-state index in [9.17, 15) is 0 Å². The van der Waals surface area contributed by atoms with Gasteiger partial charge >= 0.3 is 0 Å². The lowest BCUT2D eigenvalue weighted by Crippen LogP contribution is -1.96. The topological polar surface area (TPSA) is 0 Å². The summed E-state index contributed by atoms with van der Waals surface area (Å²) < 4.78 is 0. The molecule has 0 fully saturated rings. The second-order valence-electron chi connectivity index (χ2n) is 9.67. The molecule has 0 spiro atoms. The highest BCUT2D eigenvalue weighted by molar-refractivity contribution is 4.57. The fourth-order valence-electron chi connectivity index (χ4n) is 4.35. The van der Waals surface area contributed by atoms with E-state index in [0.717, 1.165) is 11.8 Å². The Morgan fingerprint density at radius 3 is 0.852 bits per heavy atom. The first kappa shape index (κ1) is 27.0. The summed E-state index contributed by atoms with van der Waals surface area (Å²) in [7, 11) is 0. The van der Waals surface area contributed by atoms with Gasteiger partial charge in [0.15, 0.2) is 0 Å². The van der Waals surface area contributed by atoms with Crippen LogP contribution in [-0.4, -0.2) is 0 Å². The van der Waals surface area contributed by atoms with Crippen molar-refractivity contribution in [3.8, 4) is 0 Å². The number of rotatable bonds is 22. The van der Waals surface area contributed by atoms with Crippen LogP contribution in [0.1, 0.15) is 163 Å². The van der Waals surface area contributed by atoms with E-state index in [2.05, 4.69) is 27.7 Å². The van der Waals surface area contributed by atoms with Crippen LogP contribution in [0.15, 0.2) is 0 Å². The van der Waals surface area contributed by atoms with Crippen LogP contribution in [0.5, 0.6) is 0 Å². The number of hydrogen-bond acceptors (Lipinski definition) is 0. The molecule has 0 aromatic rings. The third-order valence-corrected chi connectivity index (χ3v) is 6.49. The molecule has 0 saturated heterocycles. The molecular weight excluding hydrogens is 324 g/mol. The van der Waals surface area contributed by atoms with E-state index in [4.69, 9.17) is 0 Å². The molecule has 0 rings (SSSR count). The van der Waals surface area contributed by atoms with Crippen molar-refractivity contribution in [3.05, 3.63) is 0 Å². The molecule has 0 nitrogen and oxygen atoms in total. The summed E-state index contributed by atoms with van der Waals surface area (Å²) in [5.41, 5.74) is 0. The van der Waals surface area contributed by atoms with Crippen molar-refractivity contribution in [1.29, 1.82) is 0 Å². The number of hydrogen-bond donors (Lipinski definition) is 0. The minimum absolute atomic E-state index is 0.968. The van der Waals surface area contributed by atoms with E-state index in [1.807, 2.05) is 0 Å². The zero-order valence-electron chi connectivity index (χ0n) is 20.0. The summed E-state index contributed by atoms with van der Waals surface area (Å²) in [6, 6.07) is 0. The normalized spacial score (nSPS) is 13.8. The molecule has 0 aromatic carbocycles. The van der Waals surface area contributed by atoms with Crippen molar-refractivity contribution in [2.45, 2.75) is 163 Å². The SMILES string of the molecule is CCCCCCCCC(C)CCCCCCCCCC(C)CCCCCC. The molecule has 0 amide bonds. The molecule has 0 heterocycles. The summed E-state index contributed by atoms with van der Waals surface area (Å²) >= 11 is 0. The molecule has 2 atom stereocenters. The van der Waals surface area contributed by atoms with Crippen molar-refractivity contribution in [3.63, 3.8) is 0 Å². The van der Waals surface area contributed by atoms with Gasteiger partial charge in [-0.15, -0.1) is 0 Å². The smallest absolute Gasteiger partial charge is 0.0443 e. The van der Waals surface area contributed by atoms with Gasteiger partial charge in [0.2, 0.25) is 0 Å². The molecule has 0 aromatic heterocycles. The quantitative estimate of drug-likeness (QED) is 0.164. The van der Waals surface area contributed by atoms with Gasteiger partial charge in [-0.05, 0) is 11.8 Å². The fourth-order valence-corrected chi connectivity index (χ4v) is 4.35. The van der Waals surface area contributed by atoms with Crippen molar-refractivity contribution < 1.29 is 0 Å². The van der Waals surface area contributed by atoms with Crippen LogP contribution in [0.25, 0.3) is 0 Å². The Morgan fingerprint density at radius 2 is 0.556 bits per heavy atom. The maximum Gasteiger partial charge on any atom is -0.0443 e. The Morgan fingerprint density at radius 1 is 0.333 bits per heavy atom. The van der Waals surface area contributed by atoms with Crippen LogP contribution >= 0.6 is 0 Å². The molecule has 0 aliphatic carbocycles. The standard InChI is InChI=1S/C27H56/c1-5-7-9-11-15-19-23-27(4)25-21-17-14-12-13-16-20-24-26(3)22-18-10-8-6-2/h26-27H,5-25H2,1-4H3. The molecule has 164 valence electrons. The van der Waals surface area contributed by atoms with Gasteiger partial charge in [0.25, 0.3) is 0 Å². The fraction of sp³-hybridized carbons (Fsp3) is 1.00. The van der Waals surface area contributed by atoms with Crippen molar-refractivity contribution in [2.24, 2.45) is 11.8 Å². The lowest BCUT2D eigenvalue weighted by Gasteiger charge is -2.11. The molecule has 0 N–H and O–H groups in total. The van der Waals surface area contributed by atoms with Gasteiger partial charge in [-0.2, -0.15) is 0 Å². The first-order chi connectivity index (χ1) is 13.2. The molecule has 0 aliphatic heterocycles. The van der Waals surface area contributed by atoms with E-state index in [1.54, 1.807) is 0 Å². The summed E-state index contributed by atoms with van der Waals surface area (Å²) in [6.45, 7) is 9.56. The maximum atomic E-state index is 2.48. The molecule has 0 bridgehead atoms. The van der Waals surface area contributed by atoms with E-state index < -0.39 is 0 Å². The monoisotopic (exact) mass is 380 g/mol. The van der Waals surface area contributed by atoms with E-state index in [-0.39, 0.29) is 0 Å². The highest BCUT2D eigenvalue weighted by atomic mass is 14.1. The van der Waals surface area contributed by atoms with Gasteiger partial charge in [-0.1, -0.05) is 163 Å². The van der Waals surface area contributed by atoms with Gasteiger partial charge in [-0.3, -0.25) is 0 Å². The van der Waals surface area contributed by atoms with Gasteiger partial charge in [0.05, 0.1) is 0 Å². The van der Waals surface area contributed by atoms with Crippen LogP contribution < -0.4 is 0 Å². The predicted molar refractivity (Wildman–Crippen MR) is 127 cm³/mol. The minimum atomic E-state index is 0.968. The molecule has 2 unspecified atom stereocenters. The second-order valence-corrected chi connectivity index (χ2v) is 9.67. The largest absolute Gasteiger partial charge is 0.0654 e.